The fraction of sp³-hybridized carbons (Fsp3) is 0.611. The number of nitro groups is 1. The summed E-state index contributed by atoms with van der Waals surface area (Å²) in [6, 6.07) is 3.17. The Bertz CT molecular complexity index is 683. The van der Waals surface area contributed by atoms with Crippen LogP contribution in [0.25, 0.3) is 0 Å². The van der Waals surface area contributed by atoms with E-state index in [9.17, 15) is 15.2 Å². The molecular weight excluding hydrogens is 482 g/mol. The first-order chi connectivity index (χ1) is 12.5. The van der Waals surface area contributed by atoms with Crippen molar-refractivity contribution in [1.29, 1.82) is 0 Å². The van der Waals surface area contributed by atoms with Crippen LogP contribution in [0.2, 0.25) is 19.6 Å². The number of aliphatic imine (C=N–C) groups is 1. The van der Waals surface area contributed by atoms with Gasteiger partial charge in [0.15, 0.2) is 0 Å². The number of nitrogens with zero attached hydrogens (tertiary/aromatic N) is 2. The molecule has 0 heterocycles. The Hall–Kier alpha value is -0.230. The number of nitro benzene ring substituents is 1. The van der Waals surface area contributed by atoms with Crippen molar-refractivity contribution in [1.82, 2.24) is 0 Å². The summed E-state index contributed by atoms with van der Waals surface area (Å²) in [5.41, 5.74) is 0.490. The van der Waals surface area contributed by atoms with E-state index in [2.05, 4.69) is 38.5 Å². The summed E-state index contributed by atoms with van der Waals surface area (Å²) in [7, 11) is 7.97. The van der Waals surface area contributed by atoms with Gasteiger partial charge in [0, 0.05) is 23.9 Å². The van der Waals surface area contributed by atoms with Crippen LogP contribution in [0.1, 0.15) is 38.7 Å². The number of benzene rings is 1. The summed E-state index contributed by atoms with van der Waals surface area (Å²) in [6.45, 7) is 10.7. The Kier molecular flexibility index (Phi) is 10.2. The van der Waals surface area contributed by atoms with Gasteiger partial charge in [0.25, 0.3) is 5.69 Å². The molecule has 1 saturated carbocycles. The van der Waals surface area contributed by atoms with Crippen molar-refractivity contribution in [3.8, 4) is 5.75 Å². The Labute approximate surface area is 181 Å². The SMILES string of the molecule is CC1CCCC(N=Cc2cc([N+](=O)[O-])cc([Si](C)(C)C)c2O)C1C.[Cl][Zr][Cl]. The van der Waals surface area contributed by atoms with E-state index in [1.165, 1.54) is 18.6 Å². The molecule has 1 aliphatic rings. The van der Waals surface area contributed by atoms with Gasteiger partial charge in [-0.1, -0.05) is 46.3 Å². The first kappa shape index (κ1) is 24.8. The molecule has 150 valence electrons. The molecule has 27 heavy (non-hydrogen) atoms. The predicted octanol–water partition coefficient (Wildman–Crippen LogP) is 5.47. The molecule has 1 fully saturated rings. The zero-order valence-corrected chi connectivity index (χ0v) is 21.5. The molecule has 1 N–H and O–H groups in total. The Morgan fingerprint density at radius 2 is 1.89 bits per heavy atom. The van der Waals surface area contributed by atoms with Crippen molar-refractivity contribution >= 4 is 42.2 Å². The third kappa shape index (κ3) is 7.26. The molecule has 0 aromatic heterocycles. The van der Waals surface area contributed by atoms with Crippen LogP contribution in [-0.4, -0.2) is 30.4 Å². The fourth-order valence-corrected chi connectivity index (χ4v) is 4.79. The molecule has 0 saturated heterocycles. The summed E-state index contributed by atoms with van der Waals surface area (Å²) in [5, 5.41) is 22.5. The molecular formula is C18H28Cl2N2O3SiZr. The molecule has 0 aliphatic heterocycles. The van der Waals surface area contributed by atoms with Crippen LogP contribution in [0, 0.1) is 22.0 Å². The molecule has 5 nitrogen and oxygen atoms in total. The first-order valence-corrected chi connectivity index (χ1v) is 18.9. The van der Waals surface area contributed by atoms with Gasteiger partial charge in [-0.3, -0.25) is 15.1 Å². The van der Waals surface area contributed by atoms with Crippen LogP contribution in [-0.2, 0) is 20.8 Å². The van der Waals surface area contributed by atoms with Crippen molar-refractivity contribution in [2.24, 2.45) is 16.8 Å². The molecule has 1 aromatic rings. The molecule has 1 aliphatic carbocycles. The molecule has 0 bridgehead atoms. The van der Waals surface area contributed by atoms with E-state index in [1.54, 1.807) is 6.21 Å². The van der Waals surface area contributed by atoms with Crippen molar-refractivity contribution in [2.75, 3.05) is 0 Å². The van der Waals surface area contributed by atoms with Gasteiger partial charge in [0.2, 0.25) is 0 Å². The number of hydrogen-bond acceptors (Lipinski definition) is 4. The van der Waals surface area contributed by atoms with Crippen LogP contribution >= 0.6 is 17.0 Å². The summed E-state index contributed by atoms with van der Waals surface area (Å²) in [4.78, 5) is 15.5. The monoisotopic (exact) mass is 508 g/mol. The van der Waals surface area contributed by atoms with E-state index in [0.717, 1.165) is 12.8 Å². The number of halogens is 2. The summed E-state index contributed by atoms with van der Waals surface area (Å²) < 4.78 is 0. The second-order valence-corrected chi connectivity index (χ2v) is 16.9. The quantitative estimate of drug-likeness (QED) is 0.253. The summed E-state index contributed by atoms with van der Waals surface area (Å²) >= 11 is -0.826. The normalized spacial score (nSPS) is 22.9. The third-order valence-electron chi connectivity index (χ3n) is 5.21. The molecule has 2 rings (SSSR count). The minimum atomic E-state index is -1.90. The van der Waals surface area contributed by atoms with E-state index >= 15 is 0 Å². The Morgan fingerprint density at radius 1 is 1.30 bits per heavy atom. The molecule has 1 aromatic carbocycles. The van der Waals surface area contributed by atoms with Gasteiger partial charge in [-0.05, 0) is 23.4 Å². The average Bonchev–Trinajstić information content (AvgIpc) is 2.56. The molecule has 0 radical (unpaired) electrons. The first-order valence-electron chi connectivity index (χ1n) is 9.04. The zero-order valence-electron chi connectivity index (χ0n) is 16.5. The maximum atomic E-state index is 11.2. The number of phenolic OH excluding ortho intramolecular Hbond substituents is 1. The van der Waals surface area contributed by atoms with Crippen LogP contribution in [0.3, 0.4) is 0 Å². The van der Waals surface area contributed by atoms with Crippen LogP contribution in [0.5, 0.6) is 5.75 Å². The molecule has 9 heteroatoms. The van der Waals surface area contributed by atoms with Gasteiger partial charge in [-0.15, -0.1) is 0 Å². The van der Waals surface area contributed by atoms with Gasteiger partial charge in [-0.25, -0.2) is 0 Å². The van der Waals surface area contributed by atoms with Crippen LogP contribution in [0.4, 0.5) is 5.69 Å². The second kappa shape index (κ2) is 11.1. The maximum absolute atomic E-state index is 11.2. The van der Waals surface area contributed by atoms with E-state index in [0.29, 0.717) is 22.6 Å². The zero-order chi connectivity index (χ0) is 20.8. The van der Waals surface area contributed by atoms with Crippen molar-refractivity contribution < 1.29 is 30.9 Å². The molecule has 3 unspecified atom stereocenters. The summed E-state index contributed by atoms with van der Waals surface area (Å²) in [5.74, 6) is 1.28. The number of rotatable bonds is 4. The van der Waals surface area contributed by atoms with Gasteiger partial charge >= 0.3 is 37.9 Å². The fourth-order valence-electron chi connectivity index (χ4n) is 3.36. The van der Waals surface area contributed by atoms with Crippen molar-refractivity contribution in [3.63, 3.8) is 0 Å². The Balaban J connectivity index is 0.00000114. The van der Waals surface area contributed by atoms with Gasteiger partial charge < -0.3 is 5.11 Å². The standard InChI is InChI=1S/C18H28N2O3Si.2ClH.Zr/c1-12-7-6-8-16(13(12)2)19-11-14-9-15(20(22)23)10-17(18(14)21)24(3,4)5;;;/h9-13,16,21H,6-8H2,1-5H3;2*1H;/q;;;+2/p-2. The number of aromatic hydroxyl groups is 1. The van der Waals surface area contributed by atoms with Gasteiger partial charge in [0.1, 0.15) is 5.75 Å². The molecule has 0 amide bonds. The summed E-state index contributed by atoms with van der Waals surface area (Å²) in [6.07, 6.45) is 5.08. The minimum absolute atomic E-state index is 0.0248. The third-order valence-corrected chi connectivity index (χ3v) is 7.21. The van der Waals surface area contributed by atoms with E-state index in [1.807, 2.05) is 0 Å². The number of non-ortho nitro benzene ring substituents is 1. The topological polar surface area (TPSA) is 75.7 Å². The van der Waals surface area contributed by atoms with Crippen molar-refractivity contribution in [3.05, 3.63) is 27.8 Å². The Morgan fingerprint density at radius 3 is 2.41 bits per heavy atom. The number of hydrogen-bond donors (Lipinski definition) is 1. The van der Waals surface area contributed by atoms with Crippen LogP contribution in [0.15, 0.2) is 17.1 Å². The average molecular weight is 511 g/mol. The van der Waals surface area contributed by atoms with Crippen molar-refractivity contribution in [2.45, 2.75) is 58.8 Å². The van der Waals surface area contributed by atoms with E-state index in [-0.39, 0.29) is 17.5 Å². The molecule has 0 spiro atoms. The second-order valence-electron chi connectivity index (χ2n) is 8.12. The van der Waals surface area contributed by atoms with Gasteiger partial charge in [0.05, 0.1) is 19.0 Å². The number of phenols is 1. The predicted molar refractivity (Wildman–Crippen MR) is 113 cm³/mol. The van der Waals surface area contributed by atoms with E-state index < -0.39 is 33.8 Å². The van der Waals surface area contributed by atoms with E-state index in [4.69, 9.17) is 17.0 Å². The van der Waals surface area contributed by atoms with Gasteiger partial charge in [-0.2, -0.15) is 0 Å². The van der Waals surface area contributed by atoms with Crippen LogP contribution < -0.4 is 5.19 Å². The molecule has 3 atom stereocenters.